The van der Waals surface area contributed by atoms with Crippen LogP contribution in [0, 0.1) is 0 Å². The van der Waals surface area contributed by atoms with Crippen LogP contribution in [0.2, 0.25) is 4.34 Å². The third-order valence-corrected chi connectivity index (χ3v) is 4.36. The number of imidazole rings is 1. The molecule has 2 aromatic rings. The Kier molecular flexibility index (Phi) is 3.57. The van der Waals surface area contributed by atoms with Gasteiger partial charge in [0.2, 0.25) is 0 Å². The number of rotatable bonds is 5. The topological polar surface area (TPSA) is 46.9 Å². The van der Waals surface area contributed by atoms with Crippen LogP contribution in [0.4, 0.5) is 0 Å². The van der Waals surface area contributed by atoms with Crippen LogP contribution >= 0.6 is 22.9 Å². The summed E-state index contributed by atoms with van der Waals surface area (Å²) in [6, 6.07) is 3.48. The molecule has 19 heavy (non-hydrogen) atoms. The number of hydrogen-bond donors (Lipinski definition) is 1. The second-order valence-corrected chi connectivity index (χ2v) is 6.33. The van der Waals surface area contributed by atoms with E-state index in [4.69, 9.17) is 11.6 Å². The molecule has 1 aliphatic carbocycles. The van der Waals surface area contributed by atoms with Gasteiger partial charge in [-0.05, 0) is 25.0 Å². The second-order valence-electron chi connectivity index (χ2n) is 4.61. The lowest BCUT2D eigenvalue weighted by atomic mass is 10.4. The number of halogens is 1. The Morgan fingerprint density at radius 1 is 1.53 bits per heavy atom. The Balaban J connectivity index is 1.52. The minimum atomic E-state index is -0.0648. The molecule has 0 spiro atoms. The highest BCUT2D eigenvalue weighted by atomic mass is 35.5. The highest BCUT2D eigenvalue weighted by Crippen LogP contribution is 2.38. The highest BCUT2D eigenvalue weighted by molar-refractivity contribution is 7.17. The van der Waals surface area contributed by atoms with Crippen molar-refractivity contribution < 1.29 is 4.79 Å². The first-order valence-electron chi connectivity index (χ1n) is 6.28. The van der Waals surface area contributed by atoms with Gasteiger partial charge in [0.25, 0.3) is 5.91 Å². The van der Waals surface area contributed by atoms with E-state index in [1.807, 2.05) is 12.4 Å². The molecule has 0 bridgehead atoms. The average molecular weight is 296 g/mol. The SMILES string of the molecule is O=C(NCCn1ccnc1C1CC1)c1ccc(Cl)s1. The number of hydrogen-bond acceptors (Lipinski definition) is 3. The summed E-state index contributed by atoms with van der Waals surface area (Å²) in [5, 5.41) is 2.90. The monoisotopic (exact) mass is 295 g/mol. The van der Waals surface area contributed by atoms with Crippen LogP contribution in [-0.4, -0.2) is 22.0 Å². The third kappa shape index (κ3) is 2.98. The van der Waals surface area contributed by atoms with E-state index in [1.54, 1.807) is 12.1 Å². The molecule has 0 aromatic carbocycles. The maximum atomic E-state index is 11.8. The first kappa shape index (κ1) is 12.7. The summed E-state index contributed by atoms with van der Waals surface area (Å²) in [5.74, 6) is 1.71. The molecule has 4 nitrogen and oxygen atoms in total. The Labute approximate surface area is 120 Å². The largest absolute Gasteiger partial charge is 0.350 e. The summed E-state index contributed by atoms with van der Waals surface area (Å²) >= 11 is 7.10. The summed E-state index contributed by atoms with van der Waals surface area (Å²) in [6.45, 7) is 1.36. The van der Waals surface area contributed by atoms with Crippen molar-refractivity contribution in [3.63, 3.8) is 0 Å². The van der Waals surface area contributed by atoms with E-state index in [1.165, 1.54) is 24.2 Å². The molecule has 0 atom stereocenters. The lowest BCUT2D eigenvalue weighted by Gasteiger charge is -2.07. The van der Waals surface area contributed by atoms with E-state index >= 15 is 0 Å². The molecular weight excluding hydrogens is 282 g/mol. The summed E-state index contributed by atoms with van der Waals surface area (Å²) in [6.07, 6.45) is 6.27. The van der Waals surface area contributed by atoms with E-state index in [0.717, 1.165) is 12.4 Å². The van der Waals surface area contributed by atoms with E-state index in [-0.39, 0.29) is 5.91 Å². The zero-order valence-corrected chi connectivity index (χ0v) is 11.9. The number of nitrogens with one attached hydrogen (secondary N) is 1. The number of nitrogens with zero attached hydrogens (tertiary/aromatic N) is 2. The first-order chi connectivity index (χ1) is 9.24. The van der Waals surface area contributed by atoms with E-state index in [0.29, 0.717) is 21.7 Å². The Morgan fingerprint density at radius 2 is 2.37 bits per heavy atom. The number of aromatic nitrogens is 2. The van der Waals surface area contributed by atoms with Crippen molar-refractivity contribution in [2.75, 3.05) is 6.54 Å². The van der Waals surface area contributed by atoms with Crippen molar-refractivity contribution in [1.82, 2.24) is 14.9 Å². The molecule has 0 aliphatic heterocycles. The van der Waals surface area contributed by atoms with Crippen molar-refractivity contribution >= 4 is 28.8 Å². The molecule has 3 rings (SSSR count). The zero-order chi connectivity index (χ0) is 13.2. The Hall–Kier alpha value is -1.33. The van der Waals surface area contributed by atoms with Gasteiger partial charge in [-0.25, -0.2) is 4.98 Å². The van der Waals surface area contributed by atoms with Crippen molar-refractivity contribution in [2.24, 2.45) is 0 Å². The minimum Gasteiger partial charge on any atom is -0.350 e. The van der Waals surface area contributed by atoms with Gasteiger partial charge in [-0.15, -0.1) is 11.3 Å². The minimum absolute atomic E-state index is 0.0648. The van der Waals surface area contributed by atoms with Crippen LogP contribution < -0.4 is 5.32 Å². The predicted octanol–water partition coefficient (Wildman–Crippen LogP) is 2.91. The van der Waals surface area contributed by atoms with Crippen LogP contribution in [0.15, 0.2) is 24.5 Å². The van der Waals surface area contributed by atoms with Gasteiger partial charge in [-0.1, -0.05) is 11.6 Å². The van der Waals surface area contributed by atoms with Crippen molar-refractivity contribution in [3.05, 3.63) is 39.6 Å². The smallest absolute Gasteiger partial charge is 0.261 e. The molecular formula is C13H14ClN3OS. The van der Waals surface area contributed by atoms with Crippen LogP contribution in [0.1, 0.15) is 34.3 Å². The van der Waals surface area contributed by atoms with Crippen molar-refractivity contribution in [3.8, 4) is 0 Å². The van der Waals surface area contributed by atoms with Gasteiger partial charge in [0.1, 0.15) is 5.82 Å². The van der Waals surface area contributed by atoms with Gasteiger partial charge in [-0.2, -0.15) is 0 Å². The normalized spacial score (nSPS) is 14.6. The number of carbonyl (C=O) groups excluding carboxylic acids is 1. The maximum Gasteiger partial charge on any atom is 0.261 e. The quantitative estimate of drug-likeness (QED) is 0.922. The summed E-state index contributed by atoms with van der Waals surface area (Å²) < 4.78 is 2.76. The molecule has 2 aromatic heterocycles. The van der Waals surface area contributed by atoms with Gasteiger partial charge in [0.05, 0.1) is 9.21 Å². The van der Waals surface area contributed by atoms with Crippen molar-refractivity contribution in [2.45, 2.75) is 25.3 Å². The van der Waals surface area contributed by atoms with Gasteiger partial charge < -0.3 is 9.88 Å². The van der Waals surface area contributed by atoms with Crippen molar-refractivity contribution in [1.29, 1.82) is 0 Å². The van der Waals surface area contributed by atoms with E-state index in [2.05, 4.69) is 14.9 Å². The molecule has 1 saturated carbocycles. The standard InChI is InChI=1S/C13H14ClN3OS/c14-11-4-3-10(19-11)13(18)16-6-8-17-7-5-15-12(17)9-1-2-9/h3-5,7,9H,1-2,6,8H2,(H,16,18). The average Bonchev–Trinajstić information content (AvgIpc) is 2.97. The fourth-order valence-corrected chi connectivity index (χ4v) is 2.98. The first-order valence-corrected chi connectivity index (χ1v) is 7.48. The summed E-state index contributed by atoms with van der Waals surface area (Å²) in [4.78, 5) is 16.9. The summed E-state index contributed by atoms with van der Waals surface area (Å²) in [7, 11) is 0. The highest BCUT2D eigenvalue weighted by Gasteiger charge is 2.27. The third-order valence-electron chi connectivity index (χ3n) is 3.13. The molecule has 2 heterocycles. The molecule has 1 fully saturated rings. The predicted molar refractivity (Wildman–Crippen MR) is 75.9 cm³/mol. The number of carbonyl (C=O) groups is 1. The molecule has 1 amide bonds. The Bertz CT molecular complexity index is 588. The van der Waals surface area contributed by atoms with E-state index < -0.39 is 0 Å². The lowest BCUT2D eigenvalue weighted by Crippen LogP contribution is -2.26. The van der Waals surface area contributed by atoms with Gasteiger partial charge in [0, 0.05) is 31.4 Å². The molecule has 1 N–H and O–H groups in total. The molecule has 0 saturated heterocycles. The number of thiophene rings is 1. The van der Waals surface area contributed by atoms with Crippen LogP contribution in [0.5, 0.6) is 0 Å². The molecule has 100 valence electrons. The van der Waals surface area contributed by atoms with Crippen LogP contribution in [0.3, 0.4) is 0 Å². The fourth-order valence-electron chi connectivity index (χ4n) is 2.02. The maximum absolute atomic E-state index is 11.8. The van der Waals surface area contributed by atoms with Gasteiger partial charge >= 0.3 is 0 Å². The Morgan fingerprint density at radius 3 is 3.05 bits per heavy atom. The molecule has 1 aliphatic rings. The van der Waals surface area contributed by atoms with Crippen LogP contribution in [0.25, 0.3) is 0 Å². The van der Waals surface area contributed by atoms with Gasteiger partial charge in [-0.3, -0.25) is 4.79 Å². The van der Waals surface area contributed by atoms with Gasteiger partial charge in [0.15, 0.2) is 0 Å². The zero-order valence-electron chi connectivity index (χ0n) is 10.3. The molecule has 6 heteroatoms. The molecule has 0 unspecified atom stereocenters. The fraction of sp³-hybridized carbons (Fsp3) is 0.385. The molecule has 0 radical (unpaired) electrons. The van der Waals surface area contributed by atoms with Crippen LogP contribution in [-0.2, 0) is 6.54 Å². The second kappa shape index (κ2) is 5.35. The lowest BCUT2D eigenvalue weighted by molar-refractivity contribution is 0.0956. The number of amides is 1. The summed E-state index contributed by atoms with van der Waals surface area (Å²) in [5.41, 5.74) is 0. The van der Waals surface area contributed by atoms with E-state index in [9.17, 15) is 4.79 Å².